The van der Waals surface area contributed by atoms with E-state index in [1.54, 1.807) is 0 Å². The summed E-state index contributed by atoms with van der Waals surface area (Å²) >= 11 is 3.65. The molecule has 1 aliphatic rings. The Morgan fingerprint density at radius 3 is 2.95 bits per heavy atom. The van der Waals surface area contributed by atoms with Gasteiger partial charge in [-0.05, 0) is 31.0 Å². The quantitative estimate of drug-likeness (QED) is 0.799. The van der Waals surface area contributed by atoms with Crippen LogP contribution in [-0.4, -0.2) is 27.8 Å². The van der Waals surface area contributed by atoms with Crippen molar-refractivity contribution in [2.24, 2.45) is 5.92 Å². The standard InChI is InChI=1S/C16H19BrN2/c1-12-8-9-19(16(12)10-17)11-14-7-6-13-4-2-3-5-15(13)18-14/h2-7,12,16H,8-11H2,1H3. The van der Waals surface area contributed by atoms with Gasteiger partial charge < -0.3 is 0 Å². The molecule has 2 aromatic rings. The summed E-state index contributed by atoms with van der Waals surface area (Å²) in [5.74, 6) is 0.778. The van der Waals surface area contributed by atoms with Crippen molar-refractivity contribution in [3.8, 4) is 0 Å². The number of fused-ring (bicyclic) bond motifs is 1. The van der Waals surface area contributed by atoms with Crippen LogP contribution in [-0.2, 0) is 6.54 Å². The normalized spacial score (nSPS) is 24.1. The molecule has 0 bridgehead atoms. The monoisotopic (exact) mass is 318 g/mol. The maximum absolute atomic E-state index is 4.78. The minimum absolute atomic E-state index is 0.647. The number of rotatable bonds is 3. The third kappa shape index (κ3) is 2.67. The van der Waals surface area contributed by atoms with Crippen LogP contribution < -0.4 is 0 Å². The fraction of sp³-hybridized carbons (Fsp3) is 0.438. The number of nitrogens with zero attached hydrogens (tertiary/aromatic N) is 2. The Balaban J connectivity index is 1.81. The first-order valence-corrected chi connectivity index (χ1v) is 8.05. The van der Waals surface area contributed by atoms with Gasteiger partial charge in [0, 0.05) is 23.3 Å². The third-order valence-corrected chi connectivity index (χ3v) is 4.84. The van der Waals surface area contributed by atoms with Crippen molar-refractivity contribution in [3.63, 3.8) is 0 Å². The van der Waals surface area contributed by atoms with E-state index in [0.717, 1.165) is 23.3 Å². The molecule has 2 heterocycles. The lowest BCUT2D eigenvalue weighted by Crippen LogP contribution is -2.33. The summed E-state index contributed by atoms with van der Waals surface area (Å²) in [7, 11) is 0. The summed E-state index contributed by atoms with van der Waals surface area (Å²) in [6.07, 6.45) is 1.30. The van der Waals surface area contributed by atoms with Crippen LogP contribution in [0.2, 0.25) is 0 Å². The highest BCUT2D eigenvalue weighted by Gasteiger charge is 2.30. The zero-order chi connectivity index (χ0) is 13.2. The summed E-state index contributed by atoms with van der Waals surface area (Å²) in [6, 6.07) is 13.3. The van der Waals surface area contributed by atoms with Crippen LogP contribution in [0.3, 0.4) is 0 Å². The molecule has 2 nitrogen and oxygen atoms in total. The van der Waals surface area contributed by atoms with Crippen LogP contribution in [0.5, 0.6) is 0 Å². The molecule has 0 saturated carbocycles. The molecular formula is C16H19BrN2. The van der Waals surface area contributed by atoms with E-state index in [9.17, 15) is 0 Å². The summed E-state index contributed by atoms with van der Waals surface area (Å²) < 4.78 is 0. The highest BCUT2D eigenvalue weighted by molar-refractivity contribution is 9.09. The molecule has 1 aromatic heterocycles. The molecule has 1 saturated heterocycles. The number of hydrogen-bond acceptors (Lipinski definition) is 2. The summed E-state index contributed by atoms with van der Waals surface area (Å²) in [6.45, 7) is 4.50. The van der Waals surface area contributed by atoms with Gasteiger partial charge in [-0.2, -0.15) is 0 Å². The fourth-order valence-corrected chi connectivity index (χ4v) is 3.99. The van der Waals surface area contributed by atoms with E-state index in [2.05, 4.69) is 64.2 Å². The summed E-state index contributed by atoms with van der Waals surface area (Å²) in [5, 5.41) is 2.28. The Kier molecular flexibility index (Phi) is 3.85. The van der Waals surface area contributed by atoms with Gasteiger partial charge in [0.2, 0.25) is 0 Å². The van der Waals surface area contributed by atoms with E-state index in [0.29, 0.717) is 6.04 Å². The van der Waals surface area contributed by atoms with Crippen LogP contribution in [0.15, 0.2) is 36.4 Å². The van der Waals surface area contributed by atoms with Gasteiger partial charge in [-0.1, -0.05) is 47.1 Å². The zero-order valence-electron chi connectivity index (χ0n) is 11.2. The molecule has 3 rings (SSSR count). The molecule has 0 N–H and O–H groups in total. The van der Waals surface area contributed by atoms with Gasteiger partial charge in [-0.3, -0.25) is 9.88 Å². The molecule has 1 aromatic carbocycles. The van der Waals surface area contributed by atoms with Crippen LogP contribution in [0.1, 0.15) is 19.0 Å². The molecule has 2 atom stereocenters. The molecule has 19 heavy (non-hydrogen) atoms. The predicted octanol–water partition coefficient (Wildman–Crippen LogP) is 3.84. The third-order valence-electron chi connectivity index (χ3n) is 4.18. The van der Waals surface area contributed by atoms with E-state index in [-0.39, 0.29) is 0 Å². The lowest BCUT2D eigenvalue weighted by molar-refractivity contribution is 0.242. The van der Waals surface area contributed by atoms with Crippen molar-refractivity contribution >= 4 is 26.8 Å². The van der Waals surface area contributed by atoms with E-state index in [1.165, 1.54) is 24.0 Å². The van der Waals surface area contributed by atoms with Crippen LogP contribution in [0.4, 0.5) is 0 Å². The zero-order valence-corrected chi connectivity index (χ0v) is 12.8. The fourth-order valence-electron chi connectivity index (χ4n) is 2.94. The van der Waals surface area contributed by atoms with Gasteiger partial charge in [0.25, 0.3) is 0 Å². The van der Waals surface area contributed by atoms with Gasteiger partial charge in [-0.15, -0.1) is 0 Å². The Morgan fingerprint density at radius 1 is 1.26 bits per heavy atom. The van der Waals surface area contributed by atoms with E-state index < -0.39 is 0 Å². The van der Waals surface area contributed by atoms with Gasteiger partial charge in [0.1, 0.15) is 0 Å². The molecule has 1 fully saturated rings. The van der Waals surface area contributed by atoms with E-state index in [4.69, 9.17) is 4.98 Å². The van der Waals surface area contributed by atoms with Gasteiger partial charge in [0.05, 0.1) is 11.2 Å². The Hall–Kier alpha value is -0.930. The molecule has 100 valence electrons. The number of hydrogen-bond donors (Lipinski definition) is 0. The lowest BCUT2D eigenvalue weighted by atomic mass is 10.1. The second-order valence-corrected chi connectivity index (χ2v) is 6.10. The van der Waals surface area contributed by atoms with Gasteiger partial charge >= 0.3 is 0 Å². The average molecular weight is 319 g/mol. The van der Waals surface area contributed by atoms with Gasteiger partial charge in [0.15, 0.2) is 0 Å². The Bertz CT molecular complexity index is 569. The lowest BCUT2D eigenvalue weighted by Gasteiger charge is -2.24. The highest BCUT2D eigenvalue weighted by Crippen LogP contribution is 2.27. The molecule has 3 heteroatoms. The maximum atomic E-state index is 4.78. The van der Waals surface area contributed by atoms with Crippen molar-refractivity contribution in [2.75, 3.05) is 11.9 Å². The smallest absolute Gasteiger partial charge is 0.0705 e. The van der Waals surface area contributed by atoms with Crippen LogP contribution in [0, 0.1) is 5.92 Å². The molecule has 2 unspecified atom stereocenters. The number of pyridine rings is 1. The number of para-hydroxylation sites is 1. The minimum Gasteiger partial charge on any atom is -0.293 e. The topological polar surface area (TPSA) is 16.1 Å². The van der Waals surface area contributed by atoms with Crippen molar-refractivity contribution in [1.82, 2.24) is 9.88 Å². The SMILES string of the molecule is CC1CCN(Cc2ccc3ccccc3n2)C1CBr. The van der Waals surface area contributed by atoms with Gasteiger partial charge in [-0.25, -0.2) is 0 Å². The Labute approximate surface area is 123 Å². The van der Waals surface area contributed by atoms with Crippen LogP contribution >= 0.6 is 15.9 Å². The first-order valence-electron chi connectivity index (χ1n) is 6.92. The predicted molar refractivity (Wildman–Crippen MR) is 83.5 cm³/mol. The second-order valence-electron chi connectivity index (χ2n) is 5.45. The van der Waals surface area contributed by atoms with E-state index in [1.807, 2.05) is 0 Å². The first-order chi connectivity index (χ1) is 9.28. The second kappa shape index (κ2) is 5.59. The summed E-state index contributed by atoms with van der Waals surface area (Å²) in [5.41, 5.74) is 2.28. The molecule has 0 amide bonds. The number of alkyl halides is 1. The van der Waals surface area contributed by atoms with Crippen molar-refractivity contribution < 1.29 is 0 Å². The maximum Gasteiger partial charge on any atom is 0.0705 e. The minimum atomic E-state index is 0.647. The number of aromatic nitrogens is 1. The molecular weight excluding hydrogens is 300 g/mol. The first kappa shape index (κ1) is 13.1. The molecule has 0 spiro atoms. The van der Waals surface area contributed by atoms with Crippen LogP contribution in [0.25, 0.3) is 10.9 Å². The van der Waals surface area contributed by atoms with Crippen molar-refractivity contribution in [3.05, 3.63) is 42.1 Å². The summed E-state index contributed by atoms with van der Waals surface area (Å²) in [4.78, 5) is 7.33. The largest absolute Gasteiger partial charge is 0.293 e. The number of benzene rings is 1. The van der Waals surface area contributed by atoms with Crippen molar-refractivity contribution in [1.29, 1.82) is 0 Å². The van der Waals surface area contributed by atoms with E-state index >= 15 is 0 Å². The highest BCUT2D eigenvalue weighted by atomic mass is 79.9. The Morgan fingerprint density at radius 2 is 2.11 bits per heavy atom. The average Bonchev–Trinajstić information content (AvgIpc) is 2.79. The number of likely N-dealkylation sites (tertiary alicyclic amines) is 1. The van der Waals surface area contributed by atoms with Crippen molar-refractivity contribution in [2.45, 2.75) is 25.9 Å². The molecule has 1 aliphatic heterocycles. The molecule has 0 radical (unpaired) electrons. The molecule has 0 aliphatic carbocycles. The number of halogens is 1.